The van der Waals surface area contributed by atoms with E-state index in [1.807, 2.05) is 14.0 Å². The molecule has 21 heavy (non-hydrogen) atoms. The van der Waals surface area contributed by atoms with Gasteiger partial charge in [-0.3, -0.25) is 14.3 Å². The number of hydrogen-bond acceptors (Lipinski definition) is 5. The first-order chi connectivity index (χ1) is 9.90. The fourth-order valence-corrected chi connectivity index (χ4v) is 3.96. The summed E-state index contributed by atoms with van der Waals surface area (Å²) in [4.78, 5) is 26.9. The number of aromatic nitrogens is 2. The Hall–Kier alpha value is -2.09. The molecule has 0 spiro atoms. The van der Waals surface area contributed by atoms with Gasteiger partial charge in [0, 0.05) is 20.1 Å². The van der Waals surface area contributed by atoms with Crippen molar-refractivity contribution in [2.24, 2.45) is 18.7 Å². The van der Waals surface area contributed by atoms with E-state index in [4.69, 9.17) is 11.5 Å². The second-order valence-electron chi connectivity index (χ2n) is 5.37. The highest BCUT2D eigenvalue weighted by atomic mass is 32.1. The Bertz CT molecular complexity index is 747. The Morgan fingerprint density at radius 2 is 2.14 bits per heavy atom. The monoisotopic (exact) mass is 307 g/mol. The summed E-state index contributed by atoms with van der Waals surface area (Å²) in [7, 11) is 1.83. The lowest BCUT2D eigenvalue weighted by Gasteiger charge is -2.15. The minimum absolute atomic E-state index is 0.128. The van der Waals surface area contributed by atoms with Crippen molar-refractivity contribution in [1.29, 1.82) is 0 Å². The number of anilines is 1. The molecule has 3 heterocycles. The molecule has 1 fully saturated rings. The summed E-state index contributed by atoms with van der Waals surface area (Å²) in [5.41, 5.74) is 12.7. The van der Waals surface area contributed by atoms with Gasteiger partial charge < -0.3 is 16.4 Å². The van der Waals surface area contributed by atoms with Crippen molar-refractivity contribution in [3.05, 3.63) is 10.6 Å². The van der Waals surface area contributed by atoms with Gasteiger partial charge in [-0.25, -0.2) is 0 Å². The Balaban J connectivity index is 1.94. The van der Waals surface area contributed by atoms with Gasteiger partial charge in [0.15, 0.2) is 0 Å². The summed E-state index contributed by atoms with van der Waals surface area (Å²) >= 11 is 1.34. The van der Waals surface area contributed by atoms with Crippen LogP contribution in [-0.2, 0) is 11.8 Å². The number of carbonyl (C=O) groups excluding carboxylic acids is 2. The molecule has 0 bridgehead atoms. The third-order valence-electron chi connectivity index (χ3n) is 3.95. The maximum absolute atomic E-state index is 12.6. The minimum Gasteiger partial charge on any atom is -0.397 e. The predicted octanol–water partition coefficient (Wildman–Crippen LogP) is 0.473. The maximum atomic E-state index is 12.6. The van der Waals surface area contributed by atoms with Gasteiger partial charge in [0.05, 0.1) is 22.7 Å². The van der Waals surface area contributed by atoms with Crippen molar-refractivity contribution in [2.75, 3.05) is 18.8 Å². The van der Waals surface area contributed by atoms with Crippen molar-refractivity contribution >= 4 is 39.1 Å². The van der Waals surface area contributed by atoms with Crippen molar-refractivity contribution in [2.45, 2.75) is 13.3 Å². The van der Waals surface area contributed by atoms with Crippen molar-refractivity contribution in [3.63, 3.8) is 0 Å². The van der Waals surface area contributed by atoms with Crippen LogP contribution in [0.2, 0.25) is 0 Å². The van der Waals surface area contributed by atoms with Crippen LogP contribution in [-0.4, -0.2) is 39.6 Å². The zero-order valence-electron chi connectivity index (χ0n) is 11.9. The largest absolute Gasteiger partial charge is 0.397 e. The highest BCUT2D eigenvalue weighted by Crippen LogP contribution is 2.36. The van der Waals surface area contributed by atoms with Crippen LogP contribution in [0, 0.1) is 12.8 Å². The zero-order valence-corrected chi connectivity index (χ0v) is 12.7. The third kappa shape index (κ3) is 2.06. The van der Waals surface area contributed by atoms with E-state index < -0.39 is 0 Å². The highest BCUT2D eigenvalue weighted by Gasteiger charge is 2.32. The zero-order chi connectivity index (χ0) is 15.3. The molecule has 112 valence electrons. The Labute approximate surface area is 125 Å². The lowest BCUT2D eigenvalue weighted by Crippen LogP contribution is -2.31. The lowest BCUT2D eigenvalue weighted by molar-refractivity contribution is -0.121. The van der Waals surface area contributed by atoms with Crippen LogP contribution < -0.4 is 11.5 Å². The number of nitrogen functional groups attached to an aromatic ring is 1. The Morgan fingerprint density at radius 3 is 2.71 bits per heavy atom. The number of nitrogens with zero attached hydrogens (tertiary/aromatic N) is 3. The van der Waals surface area contributed by atoms with Gasteiger partial charge in [0.2, 0.25) is 5.91 Å². The SMILES string of the molecule is Cc1nn(C)c2sc(C(=O)N3CCC(C(N)=O)C3)c(N)c12. The Morgan fingerprint density at radius 1 is 1.43 bits per heavy atom. The number of amides is 2. The number of aryl methyl sites for hydroxylation is 2. The summed E-state index contributed by atoms with van der Waals surface area (Å²) in [5.74, 6) is -0.737. The van der Waals surface area contributed by atoms with E-state index in [0.29, 0.717) is 30.1 Å². The molecule has 3 rings (SSSR count). The molecule has 0 saturated carbocycles. The molecule has 0 aromatic carbocycles. The number of fused-ring (bicyclic) bond motifs is 1. The molecule has 8 heteroatoms. The molecule has 2 aromatic rings. The van der Waals surface area contributed by atoms with Gasteiger partial charge in [-0.1, -0.05) is 0 Å². The van der Waals surface area contributed by atoms with Crippen molar-refractivity contribution in [3.8, 4) is 0 Å². The minimum atomic E-state index is -0.352. The molecule has 2 aromatic heterocycles. The second-order valence-corrected chi connectivity index (χ2v) is 6.37. The Kier molecular flexibility index (Phi) is 3.12. The van der Waals surface area contributed by atoms with Crippen molar-refractivity contribution in [1.82, 2.24) is 14.7 Å². The molecule has 0 radical (unpaired) electrons. The van der Waals surface area contributed by atoms with Crippen LogP contribution in [0.1, 0.15) is 21.8 Å². The van der Waals surface area contributed by atoms with Gasteiger partial charge in [0.1, 0.15) is 9.71 Å². The lowest BCUT2D eigenvalue weighted by atomic mass is 10.1. The van der Waals surface area contributed by atoms with Crippen LogP contribution in [0.3, 0.4) is 0 Å². The van der Waals surface area contributed by atoms with Gasteiger partial charge in [0.25, 0.3) is 5.91 Å². The summed E-state index contributed by atoms with van der Waals surface area (Å²) in [5, 5.41) is 5.15. The molecule has 0 aliphatic carbocycles. The average Bonchev–Trinajstić information content (AvgIpc) is 3.07. The van der Waals surface area contributed by atoms with E-state index in [0.717, 1.165) is 15.9 Å². The molecule has 1 saturated heterocycles. The van der Waals surface area contributed by atoms with Gasteiger partial charge in [-0.2, -0.15) is 5.10 Å². The number of thiophene rings is 1. The number of nitrogens with two attached hydrogens (primary N) is 2. The fourth-order valence-electron chi connectivity index (χ4n) is 2.81. The summed E-state index contributed by atoms with van der Waals surface area (Å²) in [6, 6.07) is 0. The molecular formula is C13H17N5O2S. The molecule has 7 nitrogen and oxygen atoms in total. The summed E-state index contributed by atoms with van der Waals surface area (Å²) < 4.78 is 1.73. The second kappa shape index (κ2) is 4.73. The van der Waals surface area contributed by atoms with E-state index >= 15 is 0 Å². The molecule has 1 aliphatic heterocycles. The number of likely N-dealkylation sites (tertiary alicyclic amines) is 1. The molecule has 1 atom stereocenters. The van der Waals surface area contributed by atoms with Crippen LogP contribution in [0.4, 0.5) is 5.69 Å². The number of rotatable bonds is 2. The molecule has 2 amide bonds. The van der Waals surface area contributed by atoms with Gasteiger partial charge >= 0.3 is 0 Å². The smallest absolute Gasteiger partial charge is 0.266 e. The average molecular weight is 307 g/mol. The first-order valence-corrected chi connectivity index (χ1v) is 7.52. The first-order valence-electron chi connectivity index (χ1n) is 6.70. The van der Waals surface area contributed by atoms with Crippen LogP contribution in [0.25, 0.3) is 10.2 Å². The predicted molar refractivity (Wildman–Crippen MR) is 80.9 cm³/mol. The molecule has 4 N–H and O–H groups in total. The standard InChI is InChI=1S/C13H17N5O2S/c1-6-8-9(14)10(21-13(8)17(2)16-6)12(20)18-4-3-7(5-18)11(15)19/h7H,3-5,14H2,1-2H3,(H2,15,19). The first kappa shape index (κ1) is 13.9. The number of hydrogen-bond donors (Lipinski definition) is 2. The molecular weight excluding hydrogens is 290 g/mol. The van der Waals surface area contributed by atoms with Crippen LogP contribution >= 0.6 is 11.3 Å². The summed E-state index contributed by atoms with van der Waals surface area (Å²) in [6.07, 6.45) is 0.618. The number of carbonyl (C=O) groups is 2. The quantitative estimate of drug-likeness (QED) is 0.841. The highest BCUT2D eigenvalue weighted by molar-refractivity contribution is 7.21. The van der Waals surface area contributed by atoms with Crippen LogP contribution in [0.5, 0.6) is 0 Å². The third-order valence-corrected chi connectivity index (χ3v) is 5.21. The fraction of sp³-hybridized carbons (Fsp3) is 0.462. The molecule has 1 aliphatic rings. The van der Waals surface area contributed by atoms with Crippen LogP contribution in [0.15, 0.2) is 0 Å². The summed E-state index contributed by atoms with van der Waals surface area (Å²) in [6.45, 7) is 2.79. The van der Waals surface area contributed by atoms with E-state index in [-0.39, 0.29) is 17.7 Å². The maximum Gasteiger partial charge on any atom is 0.266 e. The van der Waals surface area contributed by atoms with E-state index in [9.17, 15) is 9.59 Å². The van der Waals surface area contributed by atoms with Gasteiger partial charge in [-0.15, -0.1) is 11.3 Å². The molecule has 1 unspecified atom stereocenters. The number of primary amides is 1. The van der Waals surface area contributed by atoms with E-state index in [2.05, 4.69) is 5.10 Å². The van der Waals surface area contributed by atoms with E-state index in [1.165, 1.54) is 11.3 Å². The van der Waals surface area contributed by atoms with Crippen molar-refractivity contribution < 1.29 is 9.59 Å². The van der Waals surface area contributed by atoms with E-state index in [1.54, 1.807) is 9.58 Å². The topological polar surface area (TPSA) is 107 Å². The normalized spacial score (nSPS) is 18.6. The van der Waals surface area contributed by atoms with Gasteiger partial charge in [-0.05, 0) is 13.3 Å².